The van der Waals surface area contributed by atoms with E-state index in [0.29, 0.717) is 44.6 Å². The quantitative estimate of drug-likeness (QED) is 0.530. The number of hydrogen-bond acceptors (Lipinski definition) is 6. The van der Waals surface area contributed by atoms with Crippen molar-refractivity contribution in [3.8, 4) is 0 Å². The summed E-state index contributed by atoms with van der Waals surface area (Å²) >= 11 is 6.65. The van der Waals surface area contributed by atoms with Crippen molar-refractivity contribution in [2.24, 2.45) is 11.8 Å². The second-order valence-electron chi connectivity index (χ2n) is 8.27. The molecule has 2 aliphatic heterocycles. The smallest absolute Gasteiger partial charge is 0.267 e. The van der Waals surface area contributed by atoms with Crippen LogP contribution in [0, 0.1) is 11.8 Å². The molecule has 2 aliphatic rings. The Labute approximate surface area is 186 Å². The minimum absolute atomic E-state index is 0.129. The number of aromatic nitrogens is 2. The highest BCUT2D eigenvalue weighted by molar-refractivity contribution is 8.26. The van der Waals surface area contributed by atoms with Gasteiger partial charge in [0.1, 0.15) is 15.8 Å². The van der Waals surface area contributed by atoms with Gasteiger partial charge in [0.05, 0.1) is 10.5 Å². The standard InChI is InChI=1S/C22H26N4O2S2/c1-4-8-26-21(28)17(30-22(26)29)11-16-19(24-12-14(2)10-15(3)13-24)23-18-7-5-6-9-25(18)20(16)27/h5-7,9,11,14-15H,4,8,10,12-13H2,1-3H3/b17-11+/t14-,15+. The second kappa shape index (κ2) is 8.51. The lowest BCUT2D eigenvalue weighted by molar-refractivity contribution is -0.122. The molecule has 30 heavy (non-hydrogen) atoms. The molecule has 4 rings (SSSR count). The molecule has 0 spiro atoms. The van der Waals surface area contributed by atoms with Crippen LogP contribution in [-0.4, -0.2) is 44.1 Å². The molecule has 2 saturated heterocycles. The molecule has 0 saturated carbocycles. The first-order valence-electron chi connectivity index (χ1n) is 10.4. The number of amides is 1. The van der Waals surface area contributed by atoms with Gasteiger partial charge in [-0.3, -0.25) is 18.9 Å². The van der Waals surface area contributed by atoms with Crippen molar-refractivity contribution >= 4 is 51.7 Å². The van der Waals surface area contributed by atoms with Gasteiger partial charge in [0, 0.05) is 25.8 Å². The van der Waals surface area contributed by atoms with E-state index in [-0.39, 0.29) is 11.5 Å². The second-order valence-corrected chi connectivity index (χ2v) is 9.94. The van der Waals surface area contributed by atoms with Crippen LogP contribution in [0.2, 0.25) is 0 Å². The van der Waals surface area contributed by atoms with Gasteiger partial charge in [-0.15, -0.1) is 0 Å². The Balaban J connectivity index is 1.86. The molecular formula is C22H26N4O2S2. The molecule has 8 heteroatoms. The number of thiocarbonyl (C=S) groups is 1. The van der Waals surface area contributed by atoms with E-state index in [1.807, 2.05) is 25.1 Å². The topological polar surface area (TPSA) is 57.9 Å². The maximum Gasteiger partial charge on any atom is 0.267 e. The zero-order valence-corrected chi connectivity index (χ0v) is 19.1. The van der Waals surface area contributed by atoms with Crippen molar-refractivity contribution in [2.45, 2.75) is 33.6 Å². The molecule has 158 valence electrons. The average Bonchev–Trinajstić information content (AvgIpc) is 2.97. The largest absolute Gasteiger partial charge is 0.355 e. The molecule has 2 aromatic rings. The van der Waals surface area contributed by atoms with E-state index in [1.54, 1.807) is 21.6 Å². The first kappa shape index (κ1) is 21.1. The number of hydrogen-bond donors (Lipinski definition) is 0. The zero-order chi connectivity index (χ0) is 21.4. The van der Waals surface area contributed by atoms with Gasteiger partial charge in [-0.2, -0.15) is 0 Å². The molecule has 4 heterocycles. The number of thioether (sulfide) groups is 1. The van der Waals surface area contributed by atoms with Gasteiger partial charge in [-0.1, -0.05) is 50.8 Å². The number of carbonyl (C=O) groups excluding carboxylic acids is 1. The molecule has 0 bridgehead atoms. The molecule has 0 radical (unpaired) electrons. The normalized spacial score (nSPS) is 23.8. The van der Waals surface area contributed by atoms with Gasteiger partial charge >= 0.3 is 0 Å². The molecule has 2 fully saturated rings. The fraction of sp³-hybridized carbons (Fsp3) is 0.455. The van der Waals surface area contributed by atoms with Crippen LogP contribution in [-0.2, 0) is 4.79 Å². The van der Waals surface area contributed by atoms with Crippen LogP contribution >= 0.6 is 24.0 Å². The van der Waals surface area contributed by atoms with Gasteiger partial charge in [0.2, 0.25) is 0 Å². The Morgan fingerprint density at radius 3 is 2.67 bits per heavy atom. The Bertz CT molecular complexity index is 1080. The summed E-state index contributed by atoms with van der Waals surface area (Å²) in [5, 5.41) is 0. The van der Waals surface area contributed by atoms with Gasteiger partial charge in [0.15, 0.2) is 0 Å². The predicted octanol–water partition coefficient (Wildman–Crippen LogP) is 3.79. The highest BCUT2D eigenvalue weighted by Gasteiger charge is 2.33. The van der Waals surface area contributed by atoms with Gasteiger partial charge in [0.25, 0.3) is 11.5 Å². The number of piperidine rings is 1. The maximum absolute atomic E-state index is 13.4. The van der Waals surface area contributed by atoms with Crippen LogP contribution in [0.3, 0.4) is 0 Å². The lowest BCUT2D eigenvalue weighted by Gasteiger charge is -2.36. The summed E-state index contributed by atoms with van der Waals surface area (Å²) < 4.78 is 2.09. The maximum atomic E-state index is 13.4. The zero-order valence-electron chi connectivity index (χ0n) is 17.5. The number of rotatable bonds is 4. The molecular weight excluding hydrogens is 416 g/mol. The first-order valence-corrected chi connectivity index (χ1v) is 11.6. The lowest BCUT2D eigenvalue weighted by Crippen LogP contribution is -2.40. The van der Waals surface area contributed by atoms with Crippen LogP contribution in [0.5, 0.6) is 0 Å². The molecule has 0 N–H and O–H groups in total. The van der Waals surface area contributed by atoms with Crippen LogP contribution < -0.4 is 10.5 Å². The summed E-state index contributed by atoms with van der Waals surface area (Å²) in [4.78, 5) is 35.5. The van der Waals surface area contributed by atoms with Crippen molar-refractivity contribution < 1.29 is 4.79 Å². The van der Waals surface area contributed by atoms with Crippen LogP contribution in [0.4, 0.5) is 5.82 Å². The Morgan fingerprint density at radius 2 is 1.97 bits per heavy atom. The third-order valence-electron chi connectivity index (χ3n) is 5.51. The number of anilines is 1. The third kappa shape index (κ3) is 3.90. The van der Waals surface area contributed by atoms with Crippen molar-refractivity contribution in [3.05, 3.63) is 45.2 Å². The monoisotopic (exact) mass is 442 g/mol. The summed E-state index contributed by atoms with van der Waals surface area (Å²) in [6, 6.07) is 5.53. The molecule has 0 aliphatic carbocycles. The SMILES string of the molecule is CCCN1C(=O)/C(=C\c2c(N3C[C@H](C)C[C@H](C)C3)nc3ccccn3c2=O)SC1=S. The predicted molar refractivity (Wildman–Crippen MR) is 127 cm³/mol. The first-order chi connectivity index (χ1) is 14.4. The van der Waals surface area contributed by atoms with Crippen molar-refractivity contribution in [2.75, 3.05) is 24.5 Å². The van der Waals surface area contributed by atoms with Gasteiger partial charge in [-0.25, -0.2) is 4.98 Å². The van der Waals surface area contributed by atoms with E-state index in [9.17, 15) is 9.59 Å². The van der Waals surface area contributed by atoms with Crippen molar-refractivity contribution in [3.63, 3.8) is 0 Å². The minimum atomic E-state index is -0.165. The number of pyridine rings is 1. The van der Waals surface area contributed by atoms with E-state index in [4.69, 9.17) is 17.2 Å². The Kier molecular flexibility index (Phi) is 5.97. The summed E-state index contributed by atoms with van der Waals surface area (Å²) in [6.07, 6.45) is 5.40. The fourth-order valence-corrected chi connectivity index (χ4v) is 5.63. The Morgan fingerprint density at radius 1 is 1.23 bits per heavy atom. The molecule has 6 nitrogen and oxygen atoms in total. The van der Waals surface area contributed by atoms with Crippen molar-refractivity contribution in [1.82, 2.24) is 14.3 Å². The van der Waals surface area contributed by atoms with E-state index in [2.05, 4.69) is 18.7 Å². The number of fused-ring (bicyclic) bond motifs is 1. The van der Waals surface area contributed by atoms with E-state index >= 15 is 0 Å². The van der Waals surface area contributed by atoms with E-state index < -0.39 is 0 Å². The van der Waals surface area contributed by atoms with Gasteiger partial charge in [-0.05, 0) is 42.9 Å². The summed E-state index contributed by atoms with van der Waals surface area (Å²) in [7, 11) is 0. The van der Waals surface area contributed by atoms with Crippen LogP contribution in [0.25, 0.3) is 11.7 Å². The van der Waals surface area contributed by atoms with Crippen molar-refractivity contribution in [1.29, 1.82) is 0 Å². The van der Waals surface area contributed by atoms with E-state index in [1.165, 1.54) is 11.8 Å². The highest BCUT2D eigenvalue weighted by Crippen LogP contribution is 2.34. The summed E-state index contributed by atoms with van der Waals surface area (Å²) in [5.74, 6) is 1.56. The molecule has 2 atom stereocenters. The van der Waals surface area contributed by atoms with E-state index in [0.717, 1.165) is 25.9 Å². The van der Waals surface area contributed by atoms with Crippen LogP contribution in [0.1, 0.15) is 39.2 Å². The van der Waals surface area contributed by atoms with Crippen LogP contribution in [0.15, 0.2) is 34.1 Å². The average molecular weight is 443 g/mol. The molecule has 1 amide bonds. The molecule has 0 unspecified atom stereocenters. The molecule has 0 aromatic carbocycles. The summed E-state index contributed by atoms with van der Waals surface area (Å²) in [6.45, 7) is 8.75. The highest BCUT2D eigenvalue weighted by atomic mass is 32.2. The molecule has 2 aromatic heterocycles. The summed E-state index contributed by atoms with van der Waals surface area (Å²) in [5.41, 5.74) is 0.901. The number of carbonyl (C=O) groups is 1. The van der Waals surface area contributed by atoms with Gasteiger partial charge < -0.3 is 4.90 Å². The third-order valence-corrected chi connectivity index (χ3v) is 6.89. The number of nitrogens with zero attached hydrogens (tertiary/aromatic N) is 4. The lowest BCUT2D eigenvalue weighted by atomic mass is 9.91. The fourth-order valence-electron chi connectivity index (χ4n) is 4.34. The minimum Gasteiger partial charge on any atom is -0.355 e. The Hall–Kier alpha value is -2.19.